The lowest BCUT2D eigenvalue weighted by molar-refractivity contribution is 0.659. The Labute approximate surface area is 73.2 Å². The van der Waals surface area contributed by atoms with E-state index in [0.29, 0.717) is 0 Å². The summed E-state index contributed by atoms with van der Waals surface area (Å²) in [5, 5.41) is 0. The molecule has 11 heavy (non-hydrogen) atoms. The van der Waals surface area contributed by atoms with Crippen molar-refractivity contribution >= 4 is 8.58 Å². The summed E-state index contributed by atoms with van der Waals surface area (Å²) in [7, 11) is 1.50. The van der Waals surface area contributed by atoms with E-state index in [1.165, 1.54) is 46.8 Å². The Kier molecular flexibility index (Phi) is 10.3. The summed E-state index contributed by atoms with van der Waals surface area (Å²) >= 11 is 0. The van der Waals surface area contributed by atoms with Crippen molar-refractivity contribution in [2.75, 3.05) is 6.16 Å². The van der Waals surface area contributed by atoms with E-state index in [0.717, 1.165) is 0 Å². The van der Waals surface area contributed by atoms with Crippen LogP contribution in [0.2, 0.25) is 0 Å². The summed E-state index contributed by atoms with van der Waals surface area (Å²) in [6.45, 7) is 4.35. The molecule has 0 saturated heterocycles. The van der Waals surface area contributed by atoms with Crippen molar-refractivity contribution in [1.29, 1.82) is 0 Å². The Bertz CT molecular complexity index is 86.9. The van der Waals surface area contributed by atoms with Crippen molar-refractivity contribution < 1.29 is 0 Å². The molecule has 0 aromatic carbocycles. The molecule has 1 heteroatoms. The van der Waals surface area contributed by atoms with E-state index >= 15 is 0 Å². The summed E-state index contributed by atoms with van der Waals surface area (Å²) in [5.41, 5.74) is 0. The van der Waals surface area contributed by atoms with Gasteiger partial charge in [0.15, 0.2) is 0 Å². The SMILES string of the molecule is CC=C[P]CCCCCCC. The third-order valence-corrected chi connectivity index (χ3v) is 2.73. The van der Waals surface area contributed by atoms with E-state index in [1.54, 1.807) is 0 Å². The molecule has 0 aliphatic carbocycles. The molecular formula is C10H20P. The first-order valence-electron chi connectivity index (χ1n) is 4.69. The number of rotatable bonds is 7. The third kappa shape index (κ3) is 10.2. The van der Waals surface area contributed by atoms with Crippen molar-refractivity contribution in [1.82, 2.24) is 0 Å². The van der Waals surface area contributed by atoms with Gasteiger partial charge in [-0.05, 0) is 19.5 Å². The van der Waals surface area contributed by atoms with E-state index in [-0.39, 0.29) is 0 Å². The Balaban J connectivity index is 2.79. The van der Waals surface area contributed by atoms with Crippen LogP contribution in [0, 0.1) is 0 Å². The van der Waals surface area contributed by atoms with Crippen LogP contribution < -0.4 is 0 Å². The summed E-state index contributed by atoms with van der Waals surface area (Å²) in [6, 6.07) is 0. The summed E-state index contributed by atoms with van der Waals surface area (Å²) in [5.74, 6) is 2.24. The van der Waals surface area contributed by atoms with Crippen LogP contribution in [-0.4, -0.2) is 6.16 Å². The van der Waals surface area contributed by atoms with Crippen molar-refractivity contribution in [3.8, 4) is 0 Å². The fourth-order valence-electron chi connectivity index (χ4n) is 0.987. The van der Waals surface area contributed by atoms with Gasteiger partial charge in [0.25, 0.3) is 0 Å². The maximum Gasteiger partial charge on any atom is -0.0250 e. The molecule has 1 radical (unpaired) electrons. The Hall–Kier alpha value is 0.170. The van der Waals surface area contributed by atoms with Gasteiger partial charge in [-0.15, -0.1) is 0 Å². The van der Waals surface area contributed by atoms with Gasteiger partial charge in [0.05, 0.1) is 0 Å². The second kappa shape index (κ2) is 10.2. The number of hydrogen-bond acceptors (Lipinski definition) is 0. The molecule has 0 bridgehead atoms. The predicted octanol–water partition coefficient (Wildman–Crippen LogP) is 4.44. The number of hydrogen-bond donors (Lipinski definition) is 0. The van der Waals surface area contributed by atoms with Gasteiger partial charge in [-0.3, -0.25) is 0 Å². The topological polar surface area (TPSA) is 0 Å². The predicted molar refractivity (Wildman–Crippen MR) is 55.4 cm³/mol. The molecule has 0 aliphatic heterocycles. The van der Waals surface area contributed by atoms with Gasteiger partial charge in [-0.1, -0.05) is 53.1 Å². The van der Waals surface area contributed by atoms with Crippen LogP contribution >= 0.6 is 8.58 Å². The summed E-state index contributed by atoms with van der Waals surface area (Å²) < 4.78 is 0. The average molecular weight is 171 g/mol. The smallest absolute Gasteiger partial charge is 0.0250 e. The second-order valence-corrected chi connectivity index (χ2v) is 3.91. The highest BCUT2D eigenvalue weighted by atomic mass is 31.1. The van der Waals surface area contributed by atoms with Crippen molar-refractivity contribution in [2.45, 2.75) is 46.0 Å². The molecule has 0 unspecified atom stereocenters. The first-order valence-corrected chi connectivity index (χ1v) is 5.84. The molecule has 0 saturated carbocycles. The molecule has 0 spiro atoms. The zero-order valence-electron chi connectivity index (χ0n) is 7.84. The molecule has 0 amide bonds. The van der Waals surface area contributed by atoms with E-state index < -0.39 is 0 Å². The monoisotopic (exact) mass is 171 g/mol. The molecule has 0 N–H and O–H groups in total. The van der Waals surface area contributed by atoms with Gasteiger partial charge in [0, 0.05) is 0 Å². The lowest BCUT2D eigenvalue weighted by Gasteiger charge is -1.96. The Morgan fingerprint density at radius 2 is 1.82 bits per heavy atom. The average Bonchev–Trinajstić information content (AvgIpc) is 2.03. The third-order valence-electron chi connectivity index (χ3n) is 1.65. The molecule has 0 aliphatic rings. The minimum Gasteiger partial charge on any atom is -0.0868 e. The Morgan fingerprint density at radius 1 is 1.09 bits per heavy atom. The molecular weight excluding hydrogens is 151 g/mol. The van der Waals surface area contributed by atoms with Gasteiger partial charge < -0.3 is 0 Å². The zero-order valence-corrected chi connectivity index (χ0v) is 8.74. The largest absolute Gasteiger partial charge is 0.0868 e. The first kappa shape index (κ1) is 11.2. The minimum atomic E-state index is 1.35. The van der Waals surface area contributed by atoms with Crippen LogP contribution in [0.3, 0.4) is 0 Å². The molecule has 0 fully saturated rings. The van der Waals surface area contributed by atoms with Crippen LogP contribution in [0.4, 0.5) is 0 Å². The quantitative estimate of drug-likeness (QED) is 0.392. The van der Waals surface area contributed by atoms with Crippen LogP contribution in [-0.2, 0) is 0 Å². The van der Waals surface area contributed by atoms with Gasteiger partial charge in [0.2, 0.25) is 0 Å². The van der Waals surface area contributed by atoms with Crippen LogP contribution in [0.25, 0.3) is 0 Å². The summed E-state index contributed by atoms with van der Waals surface area (Å²) in [4.78, 5) is 0. The number of allylic oxidation sites excluding steroid dienone is 1. The molecule has 0 aromatic rings. The first-order chi connectivity index (χ1) is 5.41. The standard InChI is InChI=1S/C10H20P/c1-3-5-6-7-8-10-11-9-4-2/h4,9H,3,5-8,10H2,1-2H3. The highest BCUT2D eigenvalue weighted by Gasteiger charge is 1.87. The highest BCUT2D eigenvalue weighted by molar-refractivity contribution is 7.41. The maximum absolute atomic E-state index is 2.26. The maximum atomic E-state index is 2.26. The van der Waals surface area contributed by atoms with Crippen LogP contribution in [0.15, 0.2) is 11.9 Å². The van der Waals surface area contributed by atoms with E-state index in [1.807, 2.05) is 0 Å². The Morgan fingerprint density at radius 3 is 2.45 bits per heavy atom. The van der Waals surface area contributed by atoms with E-state index in [2.05, 4.69) is 25.7 Å². The lowest BCUT2D eigenvalue weighted by atomic mass is 10.2. The highest BCUT2D eigenvalue weighted by Crippen LogP contribution is 2.15. The van der Waals surface area contributed by atoms with Crippen molar-refractivity contribution in [3.63, 3.8) is 0 Å². The van der Waals surface area contributed by atoms with Crippen molar-refractivity contribution in [3.05, 3.63) is 11.9 Å². The molecule has 0 rings (SSSR count). The molecule has 0 nitrogen and oxygen atoms in total. The van der Waals surface area contributed by atoms with Gasteiger partial charge >= 0.3 is 0 Å². The normalized spacial score (nSPS) is 12.2. The molecule has 0 aromatic heterocycles. The number of unbranched alkanes of at least 4 members (excludes halogenated alkanes) is 4. The zero-order chi connectivity index (χ0) is 8.36. The van der Waals surface area contributed by atoms with Crippen LogP contribution in [0.5, 0.6) is 0 Å². The second-order valence-electron chi connectivity index (χ2n) is 2.80. The molecule has 0 atom stereocenters. The molecule has 65 valence electrons. The van der Waals surface area contributed by atoms with Gasteiger partial charge in [0.1, 0.15) is 0 Å². The minimum absolute atomic E-state index is 1.35. The fraction of sp³-hybridized carbons (Fsp3) is 0.800. The summed E-state index contributed by atoms with van der Waals surface area (Å²) in [6.07, 6.45) is 10.5. The van der Waals surface area contributed by atoms with Crippen molar-refractivity contribution in [2.24, 2.45) is 0 Å². The fourth-order valence-corrected chi connectivity index (χ4v) is 1.75. The van der Waals surface area contributed by atoms with Gasteiger partial charge in [-0.25, -0.2) is 0 Å². The van der Waals surface area contributed by atoms with Gasteiger partial charge in [-0.2, -0.15) is 0 Å². The molecule has 0 heterocycles. The van der Waals surface area contributed by atoms with Crippen LogP contribution in [0.1, 0.15) is 46.0 Å². The lowest BCUT2D eigenvalue weighted by Crippen LogP contribution is -1.78. The van der Waals surface area contributed by atoms with E-state index in [4.69, 9.17) is 0 Å². The van der Waals surface area contributed by atoms with E-state index in [9.17, 15) is 0 Å².